The molecule has 0 fully saturated rings. The van der Waals surface area contributed by atoms with E-state index in [9.17, 15) is 4.79 Å². The van der Waals surface area contributed by atoms with Crippen molar-refractivity contribution in [3.63, 3.8) is 0 Å². The minimum atomic E-state index is -0.481. The van der Waals surface area contributed by atoms with Gasteiger partial charge in [0.05, 0.1) is 32.7 Å². The molecule has 0 atom stereocenters. The molecule has 1 aromatic carbocycles. The van der Waals surface area contributed by atoms with E-state index in [-0.39, 0.29) is 5.88 Å². The highest BCUT2D eigenvalue weighted by Gasteiger charge is 2.15. The number of carbonyl (C=O) groups is 1. The lowest BCUT2D eigenvalue weighted by atomic mass is 10.2. The molecular formula is C14H17N3O5. The van der Waals surface area contributed by atoms with E-state index in [1.165, 1.54) is 21.3 Å². The third-order valence-electron chi connectivity index (χ3n) is 2.79. The molecule has 2 N–H and O–H groups in total. The summed E-state index contributed by atoms with van der Waals surface area (Å²) in [6, 6.07) is 4.36. The number of amides is 2. The minimum Gasteiger partial charge on any atom is -0.493 e. The van der Waals surface area contributed by atoms with Gasteiger partial charge in [-0.05, 0) is 6.92 Å². The Balaban J connectivity index is 2.16. The standard InChI is InChI=1S/C14H17N3O5/c1-8-5-12(22-17-8)16-14(18)15-9-6-10(19-2)13(21-4)11(7-9)20-3/h5-7H,1-4H3,(H2,15,16,18). The smallest absolute Gasteiger partial charge is 0.326 e. The van der Waals surface area contributed by atoms with Gasteiger partial charge in [-0.1, -0.05) is 5.16 Å². The summed E-state index contributed by atoms with van der Waals surface area (Å²) in [7, 11) is 4.50. The van der Waals surface area contributed by atoms with Crippen molar-refractivity contribution in [2.45, 2.75) is 6.92 Å². The maximum absolute atomic E-state index is 11.9. The van der Waals surface area contributed by atoms with Crippen LogP contribution in [-0.2, 0) is 0 Å². The number of hydrogen-bond acceptors (Lipinski definition) is 6. The van der Waals surface area contributed by atoms with Crippen LogP contribution in [0, 0.1) is 6.92 Å². The van der Waals surface area contributed by atoms with Gasteiger partial charge in [0.15, 0.2) is 11.5 Å². The van der Waals surface area contributed by atoms with Gasteiger partial charge < -0.3 is 24.1 Å². The Kier molecular flexibility index (Phi) is 4.72. The van der Waals surface area contributed by atoms with Crippen molar-refractivity contribution in [1.29, 1.82) is 0 Å². The Morgan fingerprint density at radius 2 is 1.68 bits per heavy atom. The molecule has 0 saturated heterocycles. The molecular weight excluding hydrogens is 290 g/mol. The highest BCUT2D eigenvalue weighted by atomic mass is 16.5. The molecule has 0 aliphatic rings. The predicted molar refractivity (Wildman–Crippen MR) is 80.0 cm³/mol. The van der Waals surface area contributed by atoms with Crippen LogP contribution in [0.25, 0.3) is 0 Å². The van der Waals surface area contributed by atoms with E-state index in [2.05, 4.69) is 15.8 Å². The number of carbonyl (C=O) groups excluding carboxylic acids is 1. The van der Waals surface area contributed by atoms with Crippen molar-refractivity contribution in [1.82, 2.24) is 5.16 Å². The number of hydrogen-bond donors (Lipinski definition) is 2. The maximum atomic E-state index is 11.9. The first-order valence-corrected chi connectivity index (χ1v) is 6.38. The molecule has 8 nitrogen and oxygen atoms in total. The summed E-state index contributed by atoms with van der Waals surface area (Å²) in [5.41, 5.74) is 1.14. The van der Waals surface area contributed by atoms with Crippen LogP contribution >= 0.6 is 0 Å². The van der Waals surface area contributed by atoms with E-state index in [0.717, 1.165) is 0 Å². The summed E-state index contributed by atoms with van der Waals surface area (Å²) < 4.78 is 20.6. The second-order valence-electron chi connectivity index (χ2n) is 4.33. The van der Waals surface area contributed by atoms with E-state index in [0.29, 0.717) is 28.6 Å². The summed E-state index contributed by atoms with van der Waals surface area (Å²) in [5.74, 6) is 1.57. The van der Waals surface area contributed by atoms with Crippen molar-refractivity contribution in [2.75, 3.05) is 32.0 Å². The molecule has 0 aliphatic carbocycles. The van der Waals surface area contributed by atoms with Gasteiger partial charge in [-0.15, -0.1) is 0 Å². The minimum absolute atomic E-state index is 0.252. The molecule has 2 amide bonds. The number of nitrogens with one attached hydrogen (secondary N) is 2. The van der Waals surface area contributed by atoms with Crippen LogP contribution in [0.3, 0.4) is 0 Å². The van der Waals surface area contributed by atoms with Crippen molar-refractivity contribution in [2.24, 2.45) is 0 Å². The van der Waals surface area contributed by atoms with Crippen LogP contribution in [0.5, 0.6) is 17.2 Å². The molecule has 0 unspecified atom stereocenters. The molecule has 0 radical (unpaired) electrons. The van der Waals surface area contributed by atoms with Crippen molar-refractivity contribution >= 4 is 17.6 Å². The zero-order valence-electron chi connectivity index (χ0n) is 12.7. The van der Waals surface area contributed by atoms with Crippen LogP contribution < -0.4 is 24.8 Å². The number of nitrogens with zero attached hydrogens (tertiary/aromatic N) is 1. The fraction of sp³-hybridized carbons (Fsp3) is 0.286. The average Bonchev–Trinajstić information content (AvgIpc) is 2.90. The Morgan fingerprint density at radius 1 is 1.05 bits per heavy atom. The third kappa shape index (κ3) is 3.40. The third-order valence-corrected chi connectivity index (χ3v) is 2.79. The Bertz CT molecular complexity index is 643. The van der Waals surface area contributed by atoms with E-state index in [4.69, 9.17) is 18.7 Å². The highest BCUT2D eigenvalue weighted by Crippen LogP contribution is 2.39. The Hall–Kier alpha value is -2.90. The molecule has 0 aliphatic heterocycles. The Labute approximate surface area is 127 Å². The van der Waals surface area contributed by atoms with Crippen molar-refractivity contribution in [3.05, 3.63) is 23.9 Å². The zero-order valence-corrected chi connectivity index (χ0v) is 12.7. The van der Waals surface area contributed by atoms with Crippen LogP contribution in [0.15, 0.2) is 22.7 Å². The molecule has 8 heteroatoms. The van der Waals surface area contributed by atoms with Gasteiger partial charge in [-0.3, -0.25) is 5.32 Å². The van der Waals surface area contributed by atoms with Crippen LogP contribution in [0.4, 0.5) is 16.4 Å². The van der Waals surface area contributed by atoms with Gasteiger partial charge >= 0.3 is 6.03 Å². The second-order valence-corrected chi connectivity index (χ2v) is 4.33. The first-order valence-electron chi connectivity index (χ1n) is 6.38. The molecule has 2 aromatic rings. The highest BCUT2D eigenvalue weighted by molar-refractivity contribution is 5.99. The van der Waals surface area contributed by atoms with Crippen LogP contribution in [0.1, 0.15) is 5.69 Å². The predicted octanol–water partition coefficient (Wildman–Crippen LogP) is 2.65. The number of ether oxygens (including phenoxy) is 3. The lowest BCUT2D eigenvalue weighted by Crippen LogP contribution is -2.19. The lowest BCUT2D eigenvalue weighted by molar-refractivity contribution is 0.261. The van der Waals surface area contributed by atoms with E-state index in [1.54, 1.807) is 25.1 Å². The summed E-state index contributed by atoms with van der Waals surface area (Å²) >= 11 is 0. The largest absolute Gasteiger partial charge is 0.493 e. The zero-order chi connectivity index (χ0) is 16.1. The summed E-state index contributed by atoms with van der Waals surface area (Å²) in [6.07, 6.45) is 0. The van der Waals surface area contributed by atoms with E-state index < -0.39 is 6.03 Å². The quantitative estimate of drug-likeness (QED) is 0.881. The molecule has 1 aromatic heterocycles. The molecule has 22 heavy (non-hydrogen) atoms. The monoisotopic (exact) mass is 307 g/mol. The van der Waals surface area contributed by atoms with E-state index in [1.807, 2.05) is 0 Å². The summed E-state index contributed by atoms with van der Waals surface area (Å²) in [4.78, 5) is 11.9. The van der Waals surface area contributed by atoms with Crippen molar-refractivity contribution in [3.8, 4) is 17.2 Å². The molecule has 0 spiro atoms. The number of urea groups is 1. The average molecular weight is 307 g/mol. The topological polar surface area (TPSA) is 94.9 Å². The fourth-order valence-corrected chi connectivity index (χ4v) is 1.85. The first kappa shape index (κ1) is 15.5. The van der Waals surface area contributed by atoms with Gasteiger partial charge in [0.2, 0.25) is 11.6 Å². The van der Waals surface area contributed by atoms with E-state index >= 15 is 0 Å². The summed E-state index contributed by atoms with van der Waals surface area (Å²) in [5, 5.41) is 8.85. The normalized spacial score (nSPS) is 10.0. The second kappa shape index (κ2) is 6.70. The van der Waals surface area contributed by atoms with Gasteiger partial charge in [-0.25, -0.2) is 4.79 Å². The van der Waals surface area contributed by atoms with Gasteiger partial charge in [0.25, 0.3) is 0 Å². The number of aryl methyl sites for hydroxylation is 1. The fourth-order valence-electron chi connectivity index (χ4n) is 1.85. The Morgan fingerprint density at radius 3 is 2.14 bits per heavy atom. The van der Waals surface area contributed by atoms with Crippen LogP contribution in [0.2, 0.25) is 0 Å². The van der Waals surface area contributed by atoms with Crippen molar-refractivity contribution < 1.29 is 23.5 Å². The van der Waals surface area contributed by atoms with Gasteiger partial charge in [0.1, 0.15) is 0 Å². The number of rotatable bonds is 5. The first-order chi connectivity index (χ1) is 10.6. The summed E-state index contributed by atoms with van der Waals surface area (Å²) in [6.45, 7) is 1.76. The number of anilines is 2. The SMILES string of the molecule is COc1cc(NC(=O)Nc2cc(C)no2)cc(OC)c1OC. The number of methoxy groups -OCH3 is 3. The molecule has 0 saturated carbocycles. The molecule has 0 bridgehead atoms. The van der Waals surface area contributed by atoms with Gasteiger partial charge in [0, 0.05) is 18.2 Å². The number of benzene rings is 1. The number of aromatic nitrogens is 1. The molecule has 1 heterocycles. The van der Waals surface area contributed by atoms with Crippen LogP contribution in [-0.4, -0.2) is 32.5 Å². The van der Waals surface area contributed by atoms with Gasteiger partial charge in [-0.2, -0.15) is 0 Å². The molecule has 2 rings (SSSR count). The maximum Gasteiger partial charge on any atom is 0.326 e. The lowest BCUT2D eigenvalue weighted by Gasteiger charge is -2.14. The molecule has 118 valence electrons.